The quantitative estimate of drug-likeness (QED) is 0.471. The number of aromatic nitrogens is 1. The molecular formula is C5H7NO6P2. The highest BCUT2D eigenvalue weighted by Crippen LogP contribution is 2.35. The SMILES string of the molecule is O=P(O)(O)c1cccc(P(=O)(O)O)n1. The van der Waals surface area contributed by atoms with Crippen molar-refractivity contribution in [2.45, 2.75) is 0 Å². The van der Waals surface area contributed by atoms with Gasteiger partial charge in [-0.15, -0.1) is 0 Å². The average molecular weight is 239 g/mol. The number of hydrogen-bond donors (Lipinski definition) is 4. The van der Waals surface area contributed by atoms with Gasteiger partial charge in [0.2, 0.25) is 0 Å². The molecule has 78 valence electrons. The van der Waals surface area contributed by atoms with Crippen LogP contribution in [0.25, 0.3) is 0 Å². The Bertz CT molecular complexity index is 396. The molecule has 7 nitrogen and oxygen atoms in total. The van der Waals surface area contributed by atoms with E-state index in [0.717, 1.165) is 18.2 Å². The van der Waals surface area contributed by atoms with Crippen molar-refractivity contribution in [3.63, 3.8) is 0 Å². The fraction of sp³-hybridized carbons (Fsp3) is 0. The van der Waals surface area contributed by atoms with Gasteiger partial charge in [-0.1, -0.05) is 6.07 Å². The number of hydrogen-bond acceptors (Lipinski definition) is 3. The molecule has 0 aromatic carbocycles. The first kappa shape index (κ1) is 11.5. The zero-order valence-electron chi connectivity index (χ0n) is 6.68. The van der Waals surface area contributed by atoms with Crippen LogP contribution in [0.2, 0.25) is 0 Å². The van der Waals surface area contributed by atoms with Crippen molar-refractivity contribution in [1.82, 2.24) is 4.98 Å². The molecule has 0 saturated carbocycles. The average Bonchev–Trinajstić information content (AvgIpc) is 2.01. The number of nitrogens with zero attached hydrogens (tertiary/aromatic N) is 1. The minimum Gasteiger partial charge on any atom is -0.320 e. The summed E-state index contributed by atoms with van der Waals surface area (Å²) >= 11 is 0. The van der Waals surface area contributed by atoms with Gasteiger partial charge in [0, 0.05) is 0 Å². The number of rotatable bonds is 2. The summed E-state index contributed by atoms with van der Waals surface area (Å²) < 4.78 is 21.4. The van der Waals surface area contributed by atoms with E-state index in [1.807, 2.05) is 0 Å². The largest absolute Gasteiger partial charge is 0.374 e. The minimum absolute atomic E-state index is 0.654. The predicted molar refractivity (Wildman–Crippen MR) is 47.6 cm³/mol. The van der Waals surface area contributed by atoms with Crippen LogP contribution >= 0.6 is 15.2 Å². The summed E-state index contributed by atoms with van der Waals surface area (Å²) in [5.74, 6) is 0. The molecule has 0 aliphatic carbocycles. The summed E-state index contributed by atoms with van der Waals surface area (Å²) in [5.41, 5.74) is -1.31. The third-order valence-corrected chi connectivity index (χ3v) is 3.01. The molecule has 9 heteroatoms. The summed E-state index contributed by atoms with van der Waals surface area (Å²) in [7, 11) is -9.14. The third kappa shape index (κ3) is 2.72. The lowest BCUT2D eigenvalue weighted by atomic mass is 10.5. The second kappa shape index (κ2) is 3.55. The van der Waals surface area contributed by atoms with E-state index in [2.05, 4.69) is 4.98 Å². The highest BCUT2D eigenvalue weighted by molar-refractivity contribution is 7.61. The zero-order valence-corrected chi connectivity index (χ0v) is 8.47. The second-order valence-corrected chi connectivity index (χ2v) is 5.53. The van der Waals surface area contributed by atoms with E-state index in [4.69, 9.17) is 19.6 Å². The Morgan fingerprint density at radius 3 is 1.57 bits per heavy atom. The molecule has 0 spiro atoms. The molecule has 0 unspecified atom stereocenters. The highest BCUT2D eigenvalue weighted by atomic mass is 31.2. The lowest BCUT2D eigenvalue weighted by molar-refractivity contribution is 0.386. The first-order chi connectivity index (χ1) is 6.21. The molecule has 0 radical (unpaired) electrons. The zero-order chi connectivity index (χ0) is 11.0. The third-order valence-electron chi connectivity index (χ3n) is 1.32. The second-order valence-electron chi connectivity index (χ2n) is 2.44. The van der Waals surface area contributed by atoms with E-state index in [1.54, 1.807) is 0 Å². The van der Waals surface area contributed by atoms with Gasteiger partial charge in [-0.2, -0.15) is 0 Å². The Hall–Kier alpha value is -0.550. The lowest BCUT2D eigenvalue weighted by Crippen LogP contribution is -2.19. The molecule has 1 aromatic rings. The van der Waals surface area contributed by atoms with Crippen LogP contribution in [0.1, 0.15) is 0 Å². The van der Waals surface area contributed by atoms with Crippen LogP contribution in [0.5, 0.6) is 0 Å². The van der Waals surface area contributed by atoms with Gasteiger partial charge in [0.25, 0.3) is 0 Å². The van der Waals surface area contributed by atoms with Crippen molar-refractivity contribution in [1.29, 1.82) is 0 Å². The smallest absolute Gasteiger partial charge is 0.320 e. The summed E-state index contributed by atoms with van der Waals surface area (Å²) in [4.78, 5) is 37.9. The normalized spacial score (nSPS) is 12.9. The molecule has 0 atom stereocenters. The fourth-order valence-electron chi connectivity index (χ4n) is 0.737. The molecular weight excluding hydrogens is 232 g/mol. The van der Waals surface area contributed by atoms with Crippen molar-refractivity contribution in [2.75, 3.05) is 0 Å². The first-order valence-electron chi connectivity index (χ1n) is 3.30. The standard InChI is InChI=1S/C5H7NO6P2/c7-13(8,9)4-2-1-3-5(6-4)14(10,11)12/h1-3H,(H2,7,8,9)(H2,10,11,12). The van der Waals surface area contributed by atoms with Crippen LogP contribution in [0.15, 0.2) is 18.2 Å². The summed E-state index contributed by atoms with van der Waals surface area (Å²) in [6.45, 7) is 0. The molecule has 1 aromatic heterocycles. The van der Waals surface area contributed by atoms with E-state index in [9.17, 15) is 9.13 Å². The molecule has 0 saturated heterocycles. The van der Waals surface area contributed by atoms with Crippen LogP contribution in [0.4, 0.5) is 0 Å². The molecule has 1 heterocycles. The van der Waals surface area contributed by atoms with Gasteiger partial charge in [-0.25, -0.2) is 4.98 Å². The van der Waals surface area contributed by atoms with Crippen molar-refractivity contribution < 1.29 is 28.7 Å². The van der Waals surface area contributed by atoms with Crippen molar-refractivity contribution >= 4 is 26.1 Å². The maximum Gasteiger partial charge on any atom is 0.374 e. The summed E-state index contributed by atoms with van der Waals surface area (Å²) in [6.07, 6.45) is 0. The van der Waals surface area contributed by atoms with E-state index in [1.165, 1.54) is 0 Å². The van der Waals surface area contributed by atoms with Crippen LogP contribution in [0.3, 0.4) is 0 Å². The molecule has 14 heavy (non-hydrogen) atoms. The summed E-state index contributed by atoms with van der Waals surface area (Å²) in [5, 5.41) is 0. The van der Waals surface area contributed by atoms with E-state index < -0.39 is 26.1 Å². The molecule has 1 rings (SSSR count). The monoisotopic (exact) mass is 239 g/mol. The van der Waals surface area contributed by atoms with Crippen LogP contribution < -0.4 is 10.9 Å². The van der Waals surface area contributed by atoms with Gasteiger partial charge < -0.3 is 19.6 Å². The summed E-state index contributed by atoms with van der Waals surface area (Å²) in [6, 6.07) is 3.12. The maximum absolute atomic E-state index is 10.7. The van der Waals surface area contributed by atoms with E-state index in [0.29, 0.717) is 0 Å². The Balaban J connectivity index is 3.29. The molecule has 4 N–H and O–H groups in total. The highest BCUT2D eigenvalue weighted by Gasteiger charge is 2.24. The molecule has 0 aliphatic rings. The Morgan fingerprint density at radius 2 is 1.29 bits per heavy atom. The Labute approximate surface area is 78.8 Å². The van der Waals surface area contributed by atoms with Gasteiger partial charge in [-0.3, -0.25) is 9.13 Å². The topological polar surface area (TPSA) is 128 Å². The van der Waals surface area contributed by atoms with Crippen molar-refractivity contribution in [3.8, 4) is 0 Å². The van der Waals surface area contributed by atoms with Gasteiger partial charge in [0.1, 0.15) is 0 Å². The Kier molecular flexibility index (Phi) is 2.92. The number of pyridine rings is 1. The van der Waals surface area contributed by atoms with Gasteiger partial charge in [0.05, 0.1) is 0 Å². The molecule has 0 fully saturated rings. The van der Waals surface area contributed by atoms with E-state index in [-0.39, 0.29) is 0 Å². The van der Waals surface area contributed by atoms with Gasteiger partial charge >= 0.3 is 15.2 Å². The Morgan fingerprint density at radius 1 is 0.929 bits per heavy atom. The lowest BCUT2D eigenvalue weighted by Gasteiger charge is -2.06. The van der Waals surface area contributed by atoms with Crippen molar-refractivity contribution in [3.05, 3.63) is 18.2 Å². The van der Waals surface area contributed by atoms with Crippen LogP contribution in [-0.4, -0.2) is 24.6 Å². The van der Waals surface area contributed by atoms with Crippen LogP contribution in [-0.2, 0) is 9.13 Å². The fourth-order valence-corrected chi connectivity index (χ4v) is 1.85. The van der Waals surface area contributed by atoms with Gasteiger partial charge in [-0.05, 0) is 12.1 Å². The minimum atomic E-state index is -4.57. The van der Waals surface area contributed by atoms with Crippen LogP contribution in [0, 0.1) is 0 Å². The van der Waals surface area contributed by atoms with E-state index >= 15 is 0 Å². The van der Waals surface area contributed by atoms with Crippen molar-refractivity contribution in [2.24, 2.45) is 0 Å². The molecule has 0 amide bonds. The molecule has 0 aliphatic heterocycles. The maximum atomic E-state index is 10.7. The predicted octanol–water partition coefficient (Wildman–Crippen LogP) is -1.31. The first-order valence-corrected chi connectivity index (χ1v) is 6.53. The molecule has 0 bridgehead atoms. The van der Waals surface area contributed by atoms with Gasteiger partial charge in [0.15, 0.2) is 10.9 Å².